The lowest BCUT2D eigenvalue weighted by Gasteiger charge is -2.39. The van der Waals surface area contributed by atoms with Crippen molar-refractivity contribution in [2.45, 2.75) is 25.4 Å². The van der Waals surface area contributed by atoms with Crippen LogP contribution in [-0.4, -0.2) is 63.0 Å². The van der Waals surface area contributed by atoms with Gasteiger partial charge in [0, 0.05) is 31.8 Å². The molecule has 2 aliphatic rings. The maximum Gasteiger partial charge on any atom is 0.0635 e. The molecule has 2 rings (SSSR count). The molecule has 88 valence electrons. The quantitative estimate of drug-likeness (QED) is 0.719. The fraction of sp³-hybridized carbons (Fsp3) is 1.00. The third kappa shape index (κ3) is 2.91. The minimum absolute atomic E-state index is 0.533. The predicted molar refractivity (Wildman–Crippen MR) is 59.1 cm³/mol. The van der Waals surface area contributed by atoms with Crippen molar-refractivity contribution in [3.8, 4) is 0 Å². The number of nitrogens with zero attached hydrogens (tertiary/aromatic N) is 1. The van der Waals surface area contributed by atoms with E-state index in [4.69, 9.17) is 9.47 Å². The van der Waals surface area contributed by atoms with Gasteiger partial charge in [0.05, 0.1) is 19.8 Å². The topological polar surface area (TPSA) is 33.7 Å². The van der Waals surface area contributed by atoms with E-state index in [-0.39, 0.29) is 0 Å². The Bertz CT molecular complexity index is 183. The highest BCUT2D eigenvalue weighted by atomic mass is 16.5. The minimum Gasteiger partial charge on any atom is -0.380 e. The molecule has 4 nitrogen and oxygen atoms in total. The second-order valence-corrected chi connectivity index (χ2v) is 4.29. The summed E-state index contributed by atoms with van der Waals surface area (Å²) in [5.74, 6) is 0. The zero-order chi connectivity index (χ0) is 10.5. The van der Waals surface area contributed by atoms with Gasteiger partial charge >= 0.3 is 0 Å². The van der Waals surface area contributed by atoms with Crippen LogP contribution in [0.4, 0.5) is 0 Å². The predicted octanol–water partition coefficient (Wildman–Crippen LogP) is 0.0856. The van der Waals surface area contributed by atoms with Gasteiger partial charge in [-0.25, -0.2) is 0 Å². The second-order valence-electron chi connectivity index (χ2n) is 4.29. The van der Waals surface area contributed by atoms with Crippen molar-refractivity contribution >= 4 is 0 Å². The number of ether oxygens (including phenoxy) is 2. The van der Waals surface area contributed by atoms with Crippen molar-refractivity contribution in [3.63, 3.8) is 0 Å². The second kappa shape index (κ2) is 5.80. The van der Waals surface area contributed by atoms with Crippen LogP contribution in [0, 0.1) is 0 Å². The third-order valence-electron chi connectivity index (χ3n) is 3.28. The molecular weight excluding hydrogens is 192 g/mol. The molecule has 0 aromatic rings. The molecular formula is C11H22N2O2. The number of rotatable bonds is 4. The first-order valence-corrected chi connectivity index (χ1v) is 6.03. The summed E-state index contributed by atoms with van der Waals surface area (Å²) in [5.41, 5.74) is 0. The standard InChI is InChI=1S/C11H22N2O2/c1-2-12-7-11-9-15-6-4-13(11)10-3-5-14-8-10/h10-12H,2-9H2,1H3. The summed E-state index contributed by atoms with van der Waals surface area (Å²) in [6.07, 6.45) is 1.18. The summed E-state index contributed by atoms with van der Waals surface area (Å²) < 4.78 is 11.0. The fourth-order valence-electron chi connectivity index (χ4n) is 2.42. The SMILES string of the molecule is CCNCC1COCCN1C1CCOC1. The van der Waals surface area contributed by atoms with E-state index >= 15 is 0 Å². The van der Waals surface area contributed by atoms with Crippen molar-refractivity contribution in [2.75, 3.05) is 46.1 Å². The van der Waals surface area contributed by atoms with Gasteiger partial charge in [-0.05, 0) is 13.0 Å². The lowest BCUT2D eigenvalue weighted by molar-refractivity contribution is -0.0292. The Morgan fingerprint density at radius 2 is 2.13 bits per heavy atom. The Morgan fingerprint density at radius 1 is 1.27 bits per heavy atom. The molecule has 0 aliphatic carbocycles. The van der Waals surface area contributed by atoms with Gasteiger partial charge in [0.2, 0.25) is 0 Å². The first kappa shape index (κ1) is 11.3. The molecule has 2 aliphatic heterocycles. The van der Waals surface area contributed by atoms with Crippen molar-refractivity contribution < 1.29 is 9.47 Å². The molecule has 1 N–H and O–H groups in total. The maximum atomic E-state index is 5.55. The number of morpholine rings is 1. The van der Waals surface area contributed by atoms with E-state index in [1.165, 1.54) is 6.42 Å². The molecule has 2 unspecified atom stereocenters. The Hall–Kier alpha value is -0.160. The van der Waals surface area contributed by atoms with E-state index in [1.54, 1.807) is 0 Å². The highest BCUT2D eigenvalue weighted by molar-refractivity contribution is 4.85. The first-order chi connectivity index (χ1) is 7.42. The molecule has 2 saturated heterocycles. The van der Waals surface area contributed by atoms with Crippen molar-refractivity contribution in [2.24, 2.45) is 0 Å². The third-order valence-corrected chi connectivity index (χ3v) is 3.28. The summed E-state index contributed by atoms with van der Waals surface area (Å²) in [7, 11) is 0. The van der Waals surface area contributed by atoms with Gasteiger partial charge in [0.1, 0.15) is 0 Å². The summed E-state index contributed by atoms with van der Waals surface area (Å²) in [4.78, 5) is 2.57. The van der Waals surface area contributed by atoms with Gasteiger partial charge in [0.15, 0.2) is 0 Å². The van der Waals surface area contributed by atoms with Gasteiger partial charge < -0.3 is 14.8 Å². The molecule has 0 aromatic heterocycles. The number of hydrogen-bond donors (Lipinski definition) is 1. The van der Waals surface area contributed by atoms with Crippen LogP contribution in [0.5, 0.6) is 0 Å². The molecule has 0 spiro atoms. The van der Waals surface area contributed by atoms with Gasteiger partial charge in [-0.15, -0.1) is 0 Å². The lowest BCUT2D eigenvalue weighted by Crippen LogP contribution is -2.54. The van der Waals surface area contributed by atoms with Gasteiger partial charge in [0.25, 0.3) is 0 Å². The van der Waals surface area contributed by atoms with Crippen LogP contribution in [0.25, 0.3) is 0 Å². The van der Waals surface area contributed by atoms with E-state index in [0.717, 1.165) is 46.1 Å². The molecule has 2 atom stereocenters. The normalized spacial score (nSPS) is 33.4. The zero-order valence-electron chi connectivity index (χ0n) is 9.58. The van der Waals surface area contributed by atoms with Crippen LogP contribution in [0.2, 0.25) is 0 Å². The van der Waals surface area contributed by atoms with Crippen molar-refractivity contribution in [3.05, 3.63) is 0 Å². The smallest absolute Gasteiger partial charge is 0.0635 e. The van der Waals surface area contributed by atoms with Gasteiger partial charge in [-0.3, -0.25) is 4.90 Å². The molecule has 4 heteroatoms. The van der Waals surface area contributed by atoms with Crippen LogP contribution < -0.4 is 5.32 Å². The highest BCUT2D eigenvalue weighted by Crippen LogP contribution is 2.17. The lowest BCUT2D eigenvalue weighted by atomic mass is 10.1. The minimum atomic E-state index is 0.533. The van der Waals surface area contributed by atoms with Crippen LogP contribution in [0.15, 0.2) is 0 Å². The summed E-state index contributed by atoms with van der Waals surface area (Å²) in [5, 5.41) is 3.41. The molecule has 0 aromatic carbocycles. The largest absolute Gasteiger partial charge is 0.380 e. The Morgan fingerprint density at radius 3 is 2.87 bits per heavy atom. The monoisotopic (exact) mass is 214 g/mol. The molecule has 2 heterocycles. The Balaban J connectivity index is 1.86. The van der Waals surface area contributed by atoms with Crippen LogP contribution in [-0.2, 0) is 9.47 Å². The summed E-state index contributed by atoms with van der Waals surface area (Å²) >= 11 is 0. The zero-order valence-corrected chi connectivity index (χ0v) is 9.58. The molecule has 2 fully saturated rings. The van der Waals surface area contributed by atoms with Crippen LogP contribution >= 0.6 is 0 Å². The van der Waals surface area contributed by atoms with Crippen LogP contribution in [0.1, 0.15) is 13.3 Å². The van der Waals surface area contributed by atoms with E-state index in [2.05, 4.69) is 17.1 Å². The van der Waals surface area contributed by atoms with Crippen molar-refractivity contribution in [1.29, 1.82) is 0 Å². The molecule has 0 amide bonds. The number of likely N-dealkylation sites (N-methyl/N-ethyl adjacent to an activating group) is 1. The van der Waals surface area contributed by atoms with E-state index in [0.29, 0.717) is 12.1 Å². The highest BCUT2D eigenvalue weighted by Gasteiger charge is 2.31. The Kier molecular flexibility index (Phi) is 4.38. The number of hydrogen-bond acceptors (Lipinski definition) is 4. The summed E-state index contributed by atoms with van der Waals surface area (Å²) in [6, 6.07) is 1.16. The first-order valence-electron chi connectivity index (χ1n) is 6.03. The van der Waals surface area contributed by atoms with Crippen LogP contribution in [0.3, 0.4) is 0 Å². The molecule has 0 radical (unpaired) electrons. The van der Waals surface area contributed by atoms with E-state index < -0.39 is 0 Å². The fourth-order valence-corrected chi connectivity index (χ4v) is 2.42. The molecule has 0 bridgehead atoms. The van der Waals surface area contributed by atoms with Gasteiger partial charge in [-0.1, -0.05) is 6.92 Å². The number of nitrogens with one attached hydrogen (secondary N) is 1. The molecule has 15 heavy (non-hydrogen) atoms. The average Bonchev–Trinajstić information content (AvgIpc) is 2.80. The summed E-state index contributed by atoms with van der Waals surface area (Å²) in [6.45, 7) is 8.84. The van der Waals surface area contributed by atoms with E-state index in [9.17, 15) is 0 Å². The van der Waals surface area contributed by atoms with Crippen molar-refractivity contribution in [1.82, 2.24) is 10.2 Å². The van der Waals surface area contributed by atoms with E-state index in [1.807, 2.05) is 0 Å². The maximum absolute atomic E-state index is 5.55. The van der Waals surface area contributed by atoms with Gasteiger partial charge in [-0.2, -0.15) is 0 Å². The Labute approximate surface area is 91.9 Å². The average molecular weight is 214 g/mol. The molecule has 0 saturated carbocycles.